The van der Waals surface area contributed by atoms with Gasteiger partial charge in [0, 0.05) is 4.88 Å². The van der Waals surface area contributed by atoms with E-state index >= 15 is 0 Å². The molecule has 0 bridgehead atoms. The van der Waals surface area contributed by atoms with Gasteiger partial charge in [-0.25, -0.2) is 9.97 Å². The van der Waals surface area contributed by atoms with E-state index in [-0.39, 0.29) is 0 Å². The third kappa shape index (κ3) is 2.08. The standard InChI is InChI=1S/C12H5Cl3N2S/c13-7-2-1-6(3-8(7)14)10-4-9-11(18-10)12(15)17-5-16-9/h1-5H. The van der Waals surface area contributed by atoms with E-state index in [1.807, 2.05) is 18.2 Å². The number of halogens is 3. The molecule has 0 aliphatic carbocycles. The topological polar surface area (TPSA) is 25.8 Å². The molecule has 2 aromatic heterocycles. The Bertz CT molecular complexity index is 739. The second kappa shape index (κ2) is 4.67. The third-order valence-corrected chi connectivity index (χ3v) is 4.79. The average molecular weight is 316 g/mol. The zero-order chi connectivity index (χ0) is 12.7. The first kappa shape index (κ1) is 12.2. The van der Waals surface area contributed by atoms with Gasteiger partial charge in [0.25, 0.3) is 0 Å². The lowest BCUT2D eigenvalue weighted by Gasteiger charge is -1.99. The molecule has 0 atom stereocenters. The molecule has 0 saturated carbocycles. The molecule has 18 heavy (non-hydrogen) atoms. The Morgan fingerprint density at radius 1 is 0.944 bits per heavy atom. The van der Waals surface area contributed by atoms with E-state index in [0.717, 1.165) is 20.7 Å². The summed E-state index contributed by atoms with van der Waals surface area (Å²) in [5.41, 5.74) is 1.82. The first-order valence-corrected chi connectivity index (χ1v) is 6.95. The zero-order valence-corrected chi connectivity index (χ0v) is 11.9. The summed E-state index contributed by atoms with van der Waals surface area (Å²) in [6, 6.07) is 7.49. The highest BCUT2D eigenvalue weighted by atomic mass is 35.5. The molecule has 0 unspecified atom stereocenters. The van der Waals surface area contributed by atoms with Gasteiger partial charge >= 0.3 is 0 Å². The van der Waals surface area contributed by atoms with E-state index in [4.69, 9.17) is 34.8 Å². The molecule has 6 heteroatoms. The van der Waals surface area contributed by atoms with Gasteiger partial charge in [0.1, 0.15) is 11.5 Å². The van der Waals surface area contributed by atoms with Crippen LogP contribution < -0.4 is 0 Å². The Labute approximate surface area is 122 Å². The molecule has 3 aromatic rings. The smallest absolute Gasteiger partial charge is 0.150 e. The minimum Gasteiger partial charge on any atom is -0.235 e. The monoisotopic (exact) mass is 314 g/mol. The van der Waals surface area contributed by atoms with Crippen molar-refractivity contribution in [1.29, 1.82) is 0 Å². The summed E-state index contributed by atoms with van der Waals surface area (Å²) in [5, 5.41) is 1.54. The van der Waals surface area contributed by atoms with Gasteiger partial charge < -0.3 is 0 Å². The van der Waals surface area contributed by atoms with Crippen LogP contribution >= 0.6 is 46.1 Å². The molecule has 2 heterocycles. The largest absolute Gasteiger partial charge is 0.235 e. The molecule has 0 amide bonds. The first-order valence-electron chi connectivity index (χ1n) is 5.00. The van der Waals surface area contributed by atoms with Crippen LogP contribution in [0.4, 0.5) is 0 Å². The van der Waals surface area contributed by atoms with Crippen molar-refractivity contribution in [3.63, 3.8) is 0 Å². The van der Waals surface area contributed by atoms with Gasteiger partial charge in [-0.3, -0.25) is 0 Å². The summed E-state index contributed by atoms with van der Waals surface area (Å²) < 4.78 is 0.875. The highest BCUT2D eigenvalue weighted by molar-refractivity contribution is 7.22. The second-order valence-corrected chi connectivity index (χ2v) is 5.84. The predicted octanol–water partition coefficient (Wildman–Crippen LogP) is 5.32. The van der Waals surface area contributed by atoms with Gasteiger partial charge in [-0.2, -0.15) is 0 Å². The molecule has 0 spiro atoms. The van der Waals surface area contributed by atoms with Crippen LogP contribution in [0.1, 0.15) is 0 Å². The van der Waals surface area contributed by atoms with Crippen LogP contribution in [0.25, 0.3) is 20.7 Å². The highest BCUT2D eigenvalue weighted by Gasteiger charge is 2.09. The van der Waals surface area contributed by atoms with Crippen LogP contribution in [-0.4, -0.2) is 9.97 Å². The zero-order valence-electron chi connectivity index (χ0n) is 8.82. The van der Waals surface area contributed by atoms with E-state index in [1.54, 1.807) is 6.07 Å². The highest BCUT2D eigenvalue weighted by Crippen LogP contribution is 2.37. The molecule has 0 aliphatic rings. The number of rotatable bonds is 1. The molecule has 90 valence electrons. The van der Waals surface area contributed by atoms with Gasteiger partial charge in [-0.1, -0.05) is 40.9 Å². The fraction of sp³-hybridized carbons (Fsp3) is 0. The van der Waals surface area contributed by atoms with Crippen molar-refractivity contribution in [3.05, 3.63) is 45.8 Å². The Balaban J connectivity index is 2.19. The van der Waals surface area contributed by atoms with Gasteiger partial charge in [-0.05, 0) is 23.8 Å². The van der Waals surface area contributed by atoms with Crippen LogP contribution in [0.15, 0.2) is 30.6 Å². The normalized spacial score (nSPS) is 11.1. The quantitative estimate of drug-likeness (QED) is 0.568. The number of hydrogen-bond donors (Lipinski definition) is 0. The minimum atomic E-state index is 0.469. The SMILES string of the molecule is Clc1ccc(-c2cc3ncnc(Cl)c3s2)cc1Cl. The maximum Gasteiger partial charge on any atom is 0.150 e. The van der Waals surface area contributed by atoms with Crippen LogP contribution in [0.2, 0.25) is 15.2 Å². The minimum absolute atomic E-state index is 0.469. The molecule has 0 radical (unpaired) electrons. The summed E-state index contributed by atoms with van der Waals surface area (Å²) in [6.45, 7) is 0. The molecule has 0 aliphatic heterocycles. The van der Waals surface area contributed by atoms with Crippen molar-refractivity contribution in [3.8, 4) is 10.4 Å². The van der Waals surface area contributed by atoms with Crippen LogP contribution in [0, 0.1) is 0 Å². The Hall–Kier alpha value is -0.870. The van der Waals surface area contributed by atoms with Gasteiger partial charge in [0.15, 0.2) is 0 Å². The molecule has 0 N–H and O–H groups in total. The lowest BCUT2D eigenvalue weighted by atomic mass is 10.2. The number of benzene rings is 1. The van der Waals surface area contributed by atoms with E-state index in [0.29, 0.717) is 15.2 Å². The molecule has 0 saturated heterocycles. The summed E-state index contributed by atoms with van der Waals surface area (Å²) in [5.74, 6) is 0. The summed E-state index contributed by atoms with van der Waals surface area (Å²) in [6.07, 6.45) is 1.45. The fourth-order valence-corrected chi connectivity index (χ4v) is 3.16. The lowest BCUT2D eigenvalue weighted by Crippen LogP contribution is -1.76. The second-order valence-electron chi connectivity index (χ2n) is 3.62. The Morgan fingerprint density at radius 3 is 2.50 bits per heavy atom. The van der Waals surface area contributed by atoms with Gasteiger partial charge in [-0.15, -0.1) is 11.3 Å². The van der Waals surface area contributed by atoms with Crippen LogP contribution in [0.3, 0.4) is 0 Å². The summed E-state index contributed by atoms with van der Waals surface area (Å²) in [4.78, 5) is 9.18. The number of aromatic nitrogens is 2. The summed E-state index contributed by atoms with van der Waals surface area (Å²) >= 11 is 19.5. The maximum atomic E-state index is 6.03. The molecule has 1 aromatic carbocycles. The van der Waals surface area contributed by atoms with E-state index in [9.17, 15) is 0 Å². The molecule has 2 nitrogen and oxygen atoms in total. The van der Waals surface area contributed by atoms with Gasteiger partial charge in [0.05, 0.1) is 20.3 Å². The van der Waals surface area contributed by atoms with Crippen molar-refractivity contribution in [2.45, 2.75) is 0 Å². The number of fused-ring (bicyclic) bond motifs is 1. The van der Waals surface area contributed by atoms with Crippen molar-refractivity contribution >= 4 is 56.4 Å². The van der Waals surface area contributed by atoms with E-state index in [1.165, 1.54) is 17.7 Å². The predicted molar refractivity (Wildman–Crippen MR) is 77.9 cm³/mol. The van der Waals surface area contributed by atoms with E-state index in [2.05, 4.69) is 9.97 Å². The Kier molecular flexibility index (Phi) is 3.16. The molecular formula is C12H5Cl3N2S. The number of hydrogen-bond acceptors (Lipinski definition) is 3. The molecule has 0 fully saturated rings. The van der Waals surface area contributed by atoms with Crippen molar-refractivity contribution in [1.82, 2.24) is 9.97 Å². The number of nitrogens with zero attached hydrogens (tertiary/aromatic N) is 2. The third-order valence-electron chi connectivity index (χ3n) is 2.47. The van der Waals surface area contributed by atoms with Crippen LogP contribution in [0.5, 0.6) is 0 Å². The first-order chi connectivity index (χ1) is 8.65. The van der Waals surface area contributed by atoms with Crippen molar-refractivity contribution < 1.29 is 0 Å². The number of thiophene rings is 1. The lowest BCUT2D eigenvalue weighted by molar-refractivity contribution is 1.23. The van der Waals surface area contributed by atoms with Crippen molar-refractivity contribution in [2.75, 3.05) is 0 Å². The fourth-order valence-electron chi connectivity index (χ4n) is 1.62. The van der Waals surface area contributed by atoms with E-state index < -0.39 is 0 Å². The summed E-state index contributed by atoms with van der Waals surface area (Å²) in [7, 11) is 0. The van der Waals surface area contributed by atoms with Gasteiger partial charge in [0.2, 0.25) is 0 Å². The Morgan fingerprint density at radius 2 is 1.78 bits per heavy atom. The van der Waals surface area contributed by atoms with Crippen molar-refractivity contribution in [2.24, 2.45) is 0 Å². The maximum absolute atomic E-state index is 6.03. The molecular weight excluding hydrogens is 311 g/mol. The average Bonchev–Trinajstić information content (AvgIpc) is 2.78. The molecule has 3 rings (SSSR count). The van der Waals surface area contributed by atoms with Crippen LogP contribution in [-0.2, 0) is 0 Å².